The molecule has 0 saturated heterocycles. The average molecular weight is 405 g/mol. The van der Waals surface area contributed by atoms with Gasteiger partial charge >= 0.3 is 5.97 Å². The maximum Gasteiger partial charge on any atom is 0.331 e. The van der Waals surface area contributed by atoms with Crippen molar-refractivity contribution in [1.82, 2.24) is 0 Å². The molecule has 1 heterocycles. The fourth-order valence-electron chi connectivity index (χ4n) is 8.34. The van der Waals surface area contributed by atoms with E-state index in [4.69, 9.17) is 4.74 Å². The first-order valence-electron chi connectivity index (χ1n) is 11.2. The zero-order valence-corrected chi connectivity index (χ0v) is 17.1. The Morgan fingerprint density at radius 3 is 2.52 bits per heavy atom. The Balaban J connectivity index is 1.52. The van der Waals surface area contributed by atoms with Gasteiger partial charge in [-0.1, -0.05) is 6.92 Å². The first-order valence-corrected chi connectivity index (χ1v) is 11.2. The molecule has 0 bridgehead atoms. The van der Waals surface area contributed by atoms with Crippen molar-refractivity contribution in [3.05, 3.63) is 11.6 Å². The van der Waals surface area contributed by atoms with Gasteiger partial charge in [-0.15, -0.1) is 0 Å². The monoisotopic (exact) mass is 404 g/mol. The lowest BCUT2D eigenvalue weighted by Crippen LogP contribution is -2.68. The normalized spacial score (nSPS) is 54.1. The van der Waals surface area contributed by atoms with Gasteiger partial charge in [0.05, 0.1) is 22.7 Å². The lowest BCUT2D eigenvalue weighted by molar-refractivity contribution is -0.248. The highest BCUT2D eigenvalue weighted by Crippen LogP contribution is 2.70. The molecule has 0 amide bonds. The van der Waals surface area contributed by atoms with Crippen molar-refractivity contribution in [1.29, 1.82) is 0 Å². The van der Waals surface area contributed by atoms with Crippen molar-refractivity contribution in [3.63, 3.8) is 0 Å². The number of carbonyl (C=O) groups excluding carboxylic acids is 2. The molecule has 29 heavy (non-hydrogen) atoms. The molecule has 5 rings (SSSR count). The van der Waals surface area contributed by atoms with Crippen LogP contribution in [0.25, 0.3) is 0 Å². The molecule has 6 heteroatoms. The van der Waals surface area contributed by atoms with E-state index in [0.29, 0.717) is 38.7 Å². The van der Waals surface area contributed by atoms with Gasteiger partial charge in [0.2, 0.25) is 0 Å². The molecule has 3 N–H and O–H groups in total. The fourth-order valence-corrected chi connectivity index (χ4v) is 8.34. The van der Waals surface area contributed by atoms with E-state index in [1.54, 1.807) is 6.08 Å². The van der Waals surface area contributed by atoms with E-state index in [1.807, 2.05) is 0 Å². The van der Waals surface area contributed by atoms with E-state index in [2.05, 4.69) is 6.92 Å². The molecule has 0 aromatic rings. The van der Waals surface area contributed by atoms with E-state index in [0.717, 1.165) is 31.1 Å². The molecule has 6 nitrogen and oxygen atoms in total. The minimum absolute atomic E-state index is 0.0504. The van der Waals surface area contributed by atoms with Gasteiger partial charge in [-0.05, 0) is 74.7 Å². The maximum atomic E-state index is 12.5. The van der Waals surface area contributed by atoms with Crippen LogP contribution in [-0.2, 0) is 14.3 Å². The molecule has 8 atom stereocenters. The number of cyclic esters (lactones) is 1. The van der Waals surface area contributed by atoms with E-state index >= 15 is 0 Å². The molecular formula is C23H32O6. The number of carbonyl (C=O) groups is 2. The topological polar surface area (TPSA) is 104 Å². The summed E-state index contributed by atoms with van der Waals surface area (Å²) < 4.78 is 5.15. The van der Waals surface area contributed by atoms with E-state index in [-0.39, 0.29) is 35.6 Å². The van der Waals surface area contributed by atoms with Crippen LogP contribution in [0.4, 0.5) is 0 Å². The van der Waals surface area contributed by atoms with Crippen LogP contribution in [0, 0.1) is 28.6 Å². The second kappa shape index (κ2) is 6.14. The zero-order valence-electron chi connectivity index (χ0n) is 17.1. The smallest absolute Gasteiger partial charge is 0.331 e. The molecule has 1 aliphatic heterocycles. The first kappa shape index (κ1) is 19.7. The van der Waals surface area contributed by atoms with Crippen molar-refractivity contribution in [3.8, 4) is 0 Å². The number of aliphatic hydroxyl groups is 3. The molecule has 0 spiro atoms. The number of aldehydes is 1. The number of hydrogen-bond donors (Lipinski definition) is 3. The average Bonchev–Trinajstić information content (AvgIpc) is 3.21. The fraction of sp³-hybridized carbons (Fsp3) is 0.826. The summed E-state index contributed by atoms with van der Waals surface area (Å²) in [5.41, 5.74) is -2.34. The third kappa shape index (κ3) is 2.34. The van der Waals surface area contributed by atoms with Crippen molar-refractivity contribution >= 4 is 12.3 Å². The maximum absolute atomic E-state index is 12.5. The second-order valence-corrected chi connectivity index (χ2v) is 10.6. The Bertz CT molecular complexity index is 777. The third-order valence-electron chi connectivity index (χ3n) is 9.85. The van der Waals surface area contributed by atoms with Crippen LogP contribution >= 0.6 is 0 Å². The van der Waals surface area contributed by atoms with Gasteiger partial charge in [0.15, 0.2) is 0 Å². The van der Waals surface area contributed by atoms with Crippen LogP contribution < -0.4 is 0 Å². The van der Waals surface area contributed by atoms with Crippen LogP contribution in [-0.4, -0.2) is 51.5 Å². The van der Waals surface area contributed by atoms with Crippen molar-refractivity contribution in [2.24, 2.45) is 28.6 Å². The molecule has 0 unspecified atom stereocenters. The lowest BCUT2D eigenvalue weighted by atomic mass is 9.41. The summed E-state index contributed by atoms with van der Waals surface area (Å²) >= 11 is 0. The summed E-state index contributed by atoms with van der Waals surface area (Å²) in [6.45, 7) is 2.46. The Kier molecular flexibility index (Phi) is 4.18. The van der Waals surface area contributed by atoms with Gasteiger partial charge < -0.3 is 24.9 Å². The van der Waals surface area contributed by atoms with Crippen LogP contribution in [0.3, 0.4) is 0 Å². The lowest BCUT2D eigenvalue weighted by Gasteiger charge is -2.65. The summed E-state index contributed by atoms with van der Waals surface area (Å²) in [6, 6.07) is 0. The van der Waals surface area contributed by atoms with Crippen LogP contribution in [0.15, 0.2) is 11.6 Å². The molecule has 0 aromatic heterocycles. The Labute approximate surface area is 171 Å². The molecule has 4 fully saturated rings. The zero-order chi connectivity index (χ0) is 20.7. The summed E-state index contributed by atoms with van der Waals surface area (Å²) in [4.78, 5) is 24.1. The van der Waals surface area contributed by atoms with Crippen LogP contribution in [0.5, 0.6) is 0 Å². The Hall–Kier alpha value is -1.24. The Morgan fingerprint density at radius 1 is 1.07 bits per heavy atom. The second-order valence-electron chi connectivity index (χ2n) is 10.6. The van der Waals surface area contributed by atoms with Crippen LogP contribution in [0.2, 0.25) is 0 Å². The number of hydrogen-bond acceptors (Lipinski definition) is 6. The number of esters is 1. The molecule has 4 saturated carbocycles. The van der Waals surface area contributed by atoms with Gasteiger partial charge in [-0.2, -0.15) is 0 Å². The highest BCUT2D eigenvalue weighted by Gasteiger charge is 2.71. The van der Waals surface area contributed by atoms with Crippen LogP contribution in [0.1, 0.15) is 64.7 Å². The van der Waals surface area contributed by atoms with Crippen molar-refractivity contribution < 1.29 is 29.6 Å². The summed E-state index contributed by atoms with van der Waals surface area (Å²) in [5.74, 6) is -0.304. The predicted molar refractivity (Wildman–Crippen MR) is 104 cm³/mol. The highest BCUT2D eigenvalue weighted by molar-refractivity contribution is 5.85. The minimum Gasteiger partial charge on any atom is -0.458 e. The van der Waals surface area contributed by atoms with Gasteiger partial charge in [0, 0.05) is 17.9 Å². The molecule has 0 radical (unpaired) electrons. The standard InChI is InChI=1S/C23H32O6/c1-20-6-3-17-18(4-8-22(27)11-15(25)2-7-21(17,22)13-24)23(20,28)9-5-16(20)14-10-19(26)29-12-14/h10,13,15-18,25,27-28H,2-9,11-12H2,1H3/t15-,16+,17-,18+,20+,21-,22+,23+/m0/s1. The van der Waals surface area contributed by atoms with Gasteiger partial charge in [0.25, 0.3) is 0 Å². The minimum atomic E-state index is -1.18. The largest absolute Gasteiger partial charge is 0.458 e. The highest BCUT2D eigenvalue weighted by atomic mass is 16.5. The molecule has 5 aliphatic rings. The molecule has 160 valence electrons. The van der Waals surface area contributed by atoms with Crippen molar-refractivity contribution in [2.45, 2.75) is 82.0 Å². The number of aliphatic hydroxyl groups excluding tert-OH is 1. The van der Waals surface area contributed by atoms with E-state index in [9.17, 15) is 24.9 Å². The van der Waals surface area contributed by atoms with Crippen molar-refractivity contribution in [2.75, 3.05) is 6.61 Å². The third-order valence-corrected chi connectivity index (χ3v) is 9.85. The number of fused-ring (bicyclic) bond motifs is 5. The van der Waals surface area contributed by atoms with E-state index < -0.39 is 22.7 Å². The van der Waals surface area contributed by atoms with Gasteiger partial charge in [0.1, 0.15) is 12.9 Å². The SMILES string of the molecule is C[C@]12CC[C@H]3[C@@H](CC[C@@]4(O)C[C@@H](O)CC[C@]34C=O)[C@]1(O)CC[C@@H]2C1=CC(=O)OC1. The summed E-state index contributed by atoms with van der Waals surface area (Å²) in [6.07, 6.45) is 7.36. The molecule has 4 aliphatic carbocycles. The first-order chi connectivity index (χ1) is 13.7. The number of rotatable bonds is 2. The van der Waals surface area contributed by atoms with Gasteiger partial charge in [-0.3, -0.25) is 0 Å². The van der Waals surface area contributed by atoms with Gasteiger partial charge in [-0.25, -0.2) is 4.79 Å². The quantitative estimate of drug-likeness (QED) is 0.480. The molecular weight excluding hydrogens is 372 g/mol. The summed E-state index contributed by atoms with van der Waals surface area (Å²) in [7, 11) is 0. The summed E-state index contributed by atoms with van der Waals surface area (Å²) in [5, 5.41) is 33.7. The van der Waals surface area contributed by atoms with E-state index in [1.165, 1.54) is 0 Å². The number of ether oxygens (including phenoxy) is 1. The predicted octanol–water partition coefficient (Wildman–Crippen LogP) is 1.90. The Morgan fingerprint density at radius 2 is 1.83 bits per heavy atom. The molecule has 0 aromatic carbocycles.